The minimum atomic E-state index is -1.14. The zero-order valence-electron chi connectivity index (χ0n) is 8.07. The molecule has 1 aliphatic rings. The summed E-state index contributed by atoms with van der Waals surface area (Å²) >= 11 is 0. The summed E-state index contributed by atoms with van der Waals surface area (Å²) in [7, 11) is 0. The molecule has 13 heavy (non-hydrogen) atoms. The van der Waals surface area contributed by atoms with Gasteiger partial charge in [0.2, 0.25) is 0 Å². The molecule has 0 saturated heterocycles. The van der Waals surface area contributed by atoms with Gasteiger partial charge in [-0.05, 0) is 24.7 Å². The Bertz CT molecular complexity index is 179. The van der Waals surface area contributed by atoms with Crippen molar-refractivity contribution in [3.05, 3.63) is 0 Å². The molecule has 0 spiro atoms. The Morgan fingerprint density at radius 2 is 2.23 bits per heavy atom. The Morgan fingerprint density at radius 3 is 2.77 bits per heavy atom. The van der Waals surface area contributed by atoms with Crippen molar-refractivity contribution in [2.75, 3.05) is 0 Å². The Balaban J connectivity index is 2.46. The van der Waals surface area contributed by atoms with Crippen molar-refractivity contribution in [3.8, 4) is 0 Å². The van der Waals surface area contributed by atoms with Crippen LogP contribution < -0.4 is 0 Å². The average Bonchev–Trinajstić information content (AvgIpc) is 2.16. The van der Waals surface area contributed by atoms with Gasteiger partial charge in [-0.2, -0.15) is 0 Å². The van der Waals surface area contributed by atoms with Gasteiger partial charge in [-0.3, -0.25) is 0 Å². The molecule has 0 amide bonds. The first-order chi connectivity index (χ1) is 6.15. The van der Waals surface area contributed by atoms with Crippen molar-refractivity contribution in [1.29, 1.82) is 0 Å². The third kappa shape index (κ3) is 2.69. The number of hydrogen-bond donors (Lipinski definition) is 2. The van der Waals surface area contributed by atoms with Crippen molar-refractivity contribution < 1.29 is 15.0 Å². The zero-order chi connectivity index (χ0) is 9.84. The fourth-order valence-electron chi connectivity index (χ4n) is 2.19. The summed E-state index contributed by atoms with van der Waals surface area (Å²) in [5, 5.41) is 18.0. The third-order valence-corrected chi connectivity index (χ3v) is 3.10. The highest BCUT2D eigenvalue weighted by Crippen LogP contribution is 2.32. The lowest BCUT2D eigenvalue weighted by molar-refractivity contribution is -0.150. The number of aliphatic carboxylic acids is 1. The summed E-state index contributed by atoms with van der Waals surface area (Å²) in [6.45, 7) is 2.13. The normalized spacial score (nSPS) is 31.2. The molecule has 1 fully saturated rings. The Kier molecular flexibility index (Phi) is 3.72. The van der Waals surface area contributed by atoms with Gasteiger partial charge in [0.25, 0.3) is 0 Å². The van der Waals surface area contributed by atoms with Crippen molar-refractivity contribution in [3.63, 3.8) is 0 Å². The Hall–Kier alpha value is -0.570. The van der Waals surface area contributed by atoms with Crippen LogP contribution in [0.5, 0.6) is 0 Å². The summed E-state index contributed by atoms with van der Waals surface area (Å²) < 4.78 is 0. The molecule has 3 heteroatoms. The molecule has 0 heterocycles. The van der Waals surface area contributed by atoms with E-state index in [-0.39, 0.29) is 5.92 Å². The van der Waals surface area contributed by atoms with Gasteiger partial charge in [0.05, 0.1) is 0 Å². The van der Waals surface area contributed by atoms with Gasteiger partial charge in [-0.1, -0.05) is 26.2 Å². The van der Waals surface area contributed by atoms with E-state index in [0.717, 1.165) is 25.7 Å². The minimum Gasteiger partial charge on any atom is -0.479 e. The molecule has 0 aromatic heterocycles. The van der Waals surface area contributed by atoms with Crippen LogP contribution in [0.15, 0.2) is 0 Å². The fraction of sp³-hybridized carbons (Fsp3) is 0.900. The maximum atomic E-state index is 10.5. The minimum absolute atomic E-state index is 0.0174. The van der Waals surface area contributed by atoms with Crippen LogP contribution in [-0.2, 0) is 4.79 Å². The van der Waals surface area contributed by atoms with Gasteiger partial charge in [0, 0.05) is 0 Å². The quantitative estimate of drug-likeness (QED) is 0.704. The maximum absolute atomic E-state index is 10.5. The van der Waals surface area contributed by atoms with Crippen molar-refractivity contribution >= 4 is 5.97 Å². The SMILES string of the molecule is CCC1CCCC(C(O)C(=O)O)C1. The molecule has 0 aromatic rings. The van der Waals surface area contributed by atoms with Crippen LogP contribution >= 0.6 is 0 Å². The molecule has 0 bridgehead atoms. The van der Waals surface area contributed by atoms with E-state index in [4.69, 9.17) is 5.11 Å². The number of carboxylic acids is 1. The van der Waals surface area contributed by atoms with Crippen molar-refractivity contribution in [1.82, 2.24) is 0 Å². The van der Waals surface area contributed by atoms with E-state index < -0.39 is 12.1 Å². The highest BCUT2D eigenvalue weighted by atomic mass is 16.4. The fourth-order valence-corrected chi connectivity index (χ4v) is 2.19. The average molecular weight is 186 g/mol. The molecule has 3 unspecified atom stereocenters. The molecule has 1 rings (SSSR count). The first-order valence-corrected chi connectivity index (χ1v) is 5.06. The molecule has 2 N–H and O–H groups in total. The second kappa shape index (κ2) is 4.61. The second-order valence-electron chi connectivity index (χ2n) is 3.98. The number of hydrogen-bond acceptors (Lipinski definition) is 2. The van der Waals surface area contributed by atoms with Crippen LogP contribution in [0.25, 0.3) is 0 Å². The van der Waals surface area contributed by atoms with E-state index in [2.05, 4.69) is 6.92 Å². The predicted molar refractivity (Wildman–Crippen MR) is 49.4 cm³/mol. The number of rotatable bonds is 3. The van der Waals surface area contributed by atoms with E-state index in [1.54, 1.807) is 0 Å². The van der Waals surface area contributed by atoms with E-state index in [1.165, 1.54) is 6.42 Å². The lowest BCUT2D eigenvalue weighted by Crippen LogP contribution is -2.32. The maximum Gasteiger partial charge on any atom is 0.332 e. The van der Waals surface area contributed by atoms with Crippen LogP contribution in [0.4, 0.5) is 0 Å². The van der Waals surface area contributed by atoms with Gasteiger partial charge < -0.3 is 10.2 Å². The van der Waals surface area contributed by atoms with Crippen LogP contribution in [0.1, 0.15) is 39.0 Å². The second-order valence-corrected chi connectivity index (χ2v) is 3.98. The predicted octanol–water partition coefficient (Wildman–Crippen LogP) is 1.65. The summed E-state index contributed by atoms with van der Waals surface area (Å²) in [4.78, 5) is 10.5. The topological polar surface area (TPSA) is 57.5 Å². The Morgan fingerprint density at radius 1 is 1.54 bits per heavy atom. The lowest BCUT2D eigenvalue weighted by atomic mass is 9.78. The molecular weight excluding hydrogens is 168 g/mol. The molecule has 76 valence electrons. The van der Waals surface area contributed by atoms with Crippen LogP contribution in [0, 0.1) is 11.8 Å². The van der Waals surface area contributed by atoms with Crippen LogP contribution in [0.3, 0.4) is 0 Å². The Labute approximate surface area is 78.8 Å². The van der Waals surface area contributed by atoms with Crippen LogP contribution in [0.2, 0.25) is 0 Å². The largest absolute Gasteiger partial charge is 0.479 e. The monoisotopic (exact) mass is 186 g/mol. The van der Waals surface area contributed by atoms with Gasteiger partial charge in [-0.15, -0.1) is 0 Å². The molecule has 1 saturated carbocycles. The third-order valence-electron chi connectivity index (χ3n) is 3.10. The molecule has 0 radical (unpaired) electrons. The van der Waals surface area contributed by atoms with Gasteiger partial charge >= 0.3 is 5.97 Å². The van der Waals surface area contributed by atoms with Crippen molar-refractivity contribution in [2.24, 2.45) is 11.8 Å². The molecule has 3 nitrogen and oxygen atoms in total. The first-order valence-electron chi connectivity index (χ1n) is 5.06. The number of aliphatic hydroxyl groups excluding tert-OH is 1. The molecular formula is C10H18O3. The zero-order valence-corrected chi connectivity index (χ0v) is 8.07. The van der Waals surface area contributed by atoms with E-state index in [1.807, 2.05) is 0 Å². The van der Waals surface area contributed by atoms with E-state index >= 15 is 0 Å². The van der Waals surface area contributed by atoms with E-state index in [9.17, 15) is 9.90 Å². The van der Waals surface area contributed by atoms with Gasteiger partial charge in [0.1, 0.15) is 0 Å². The van der Waals surface area contributed by atoms with Crippen LogP contribution in [-0.4, -0.2) is 22.3 Å². The first kappa shape index (κ1) is 10.5. The van der Waals surface area contributed by atoms with Crippen molar-refractivity contribution in [2.45, 2.75) is 45.1 Å². The number of carbonyl (C=O) groups is 1. The smallest absolute Gasteiger partial charge is 0.332 e. The highest BCUT2D eigenvalue weighted by molar-refractivity contribution is 5.72. The summed E-state index contributed by atoms with van der Waals surface area (Å²) in [5.41, 5.74) is 0. The summed E-state index contributed by atoms with van der Waals surface area (Å²) in [6.07, 6.45) is 3.96. The molecule has 1 aliphatic carbocycles. The van der Waals surface area contributed by atoms with Gasteiger partial charge in [0.15, 0.2) is 6.10 Å². The number of aliphatic hydroxyl groups is 1. The standard InChI is InChI=1S/C10H18O3/c1-2-7-4-3-5-8(6-7)9(11)10(12)13/h7-9,11H,2-6H2,1H3,(H,12,13). The lowest BCUT2D eigenvalue weighted by Gasteiger charge is -2.29. The highest BCUT2D eigenvalue weighted by Gasteiger charge is 2.30. The molecule has 0 aromatic carbocycles. The number of carboxylic acid groups (broad SMARTS) is 1. The molecule has 0 aliphatic heterocycles. The summed E-state index contributed by atoms with van der Waals surface area (Å²) in [6, 6.07) is 0. The van der Waals surface area contributed by atoms with Gasteiger partial charge in [-0.25, -0.2) is 4.79 Å². The molecule has 3 atom stereocenters. The van der Waals surface area contributed by atoms with E-state index in [0.29, 0.717) is 5.92 Å². The summed E-state index contributed by atoms with van der Waals surface area (Å²) in [5.74, 6) is -0.467.